The molecule has 0 saturated carbocycles. The number of nitrogens with zero attached hydrogens (tertiary/aromatic N) is 2. The summed E-state index contributed by atoms with van der Waals surface area (Å²) in [7, 11) is 0. The summed E-state index contributed by atoms with van der Waals surface area (Å²) < 4.78 is 0. The number of rotatable bonds is 3. The van der Waals surface area contributed by atoms with E-state index in [-0.39, 0.29) is 5.88 Å². The lowest BCUT2D eigenvalue weighted by Crippen LogP contribution is -2.34. The highest BCUT2D eigenvalue weighted by atomic mass is 35.5. The van der Waals surface area contributed by atoms with Gasteiger partial charge in [-0.05, 0) is 55.0 Å². The Bertz CT molecular complexity index is 916. The third-order valence-electron chi connectivity index (χ3n) is 5.07. The van der Waals surface area contributed by atoms with Gasteiger partial charge in [-0.1, -0.05) is 41.4 Å². The van der Waals surface area contributed by atoms with Gasteiger partial charge in [0.05, 0.1) is 11.2 Å². The van der Waals surface area contributed by atoms with Crippen molar-refractivity contribution < 1.29 is 5.11 Å². The summed E-state index contributed by atoms with van der Waals surface area (Å²) in [5.41, 5.74) is 2.97. The molecular weight excluding hydrogens is 367 g/mol. The summed E-state index contributed by atoms with van der Waals surface area (Å²) in [4.78, 5) is 6.42. The molecule has 1 radical (unpaired) electrons. The van der Waals surface area contributed by atoms with Crippen molar-refractivity contribution in [3.05, 3.63) is 64.1 Å². The molecule has 1 aliphatic rings. The Kier molecular flexibility index (Phi) is 4.92. The molecule has 26 heavy (non-hydrogen) atoms. The summed E-state index contributed by atoms with van der Waals surface area (Å²) in [6.07, 6.45) is 3.14. The van der Waals surface area contributed by atoms with E-state index < -0.39 is 0 Å². The second-order valence-corrected chi connectivity index (χ2v) is 7.78. The molecule has 0 amide bonds. The van der Waals surface area contributed by atoms with Crippen LogP contribution in [0.4, 0.5) is 5.69 Å². The third kappa shape index (κ3) is 3.74. The Labute approximate surface area is 163 Å². The van der Waals surface area contributed by atoms with E-state index in [1.165, 1.54) is 5.56 Å². The van der Waals surface area contributed by atoms with Gasteiger partial charge in [-0.2, -0.15) is 0 Å². The Morgan fingerprint density at radius 2 is 1.69 bits per heavy atom. The number of hydrogen-bond donors (Lipinski definition) is 0. The molecular formula is C21H19Cl2N2O. The molecule has 4 rings (SSSR count). The van der Waals surface area contributed by atoms with E-state index in [0.717, 1.165) is 48.9 Å². The molecule has 3 aromatic rings. The van der Waals surface area contributed by atoms with E-state index in [1.54, 1.807) is 12.1 Å². The van der Waals surface area contributed by atoms with Crippen molar-refractivity contribution in [2.24, 2.45) is 5.92 Å². The van der Waals surface area contributed by atoms with Crippen molar-refractivity contribution in [1.82, 2.24) is 4.98 Å². The molecule has 1 fully saturated rings. The Morgan fingerprint density at radius 3 is 2.42 bits per heavy atom. The zero-order valence-corrected chi connectivity index (χ0v) is 15.8. The predicted molar refractivity (Wildman–Crippen MR) is 107 cm³/mol. The zero-order valence-electron chi connectivity index (χ0n) is 14.3. The van der Waals surface area contributed by atoms with Crippen LogP contribution >= 0.6 is 23.2 Å². The number of benzene rings is 2. The molecule has 5 heteroatoms. The van der Waals surface area contributed by atoms with Gasteiger partial charge in [0, 0.05) is 34.6 Å². The number of anilines is 1. The van der Waals surface area contributed by atoms with Crippen LogP contribution in [0.25, 0.3) is 10.9 Å². The van der Waals surface area contributed by atoms with Gasteiger partial charge in [0.1, 0.15) is 0 Å². The second-order valence-electron chi connectivity index (χ2n) is 6.91. The van der Waals surface area contributed by atoms with E-state index in [1.807, 2.05) is 36.4 Å². The summed E-state index contributed by atoms with van der Waals surface area (Å²) in [5.74, 6) is 0.426. The SMILES string of the molecule is [O]c1cc(N2CCC(Cc3cc(Cl)cc(Cl)c3)CC2)c2ccccc2n1. The lowest BCUT2D eigenvalue weighted by atomic mass is 9.90. The quantitative estimate of drug-likeness (QED) is 0.542. The van der Waals surface area contributed by atoms with Crippen molar-refractivity contribution in [3.8, 4) is 5.88 Å². The topological polar surface area (TPSA) is 36.0 Å². The molecule has 1 saturated heterocycles. The van der Waals surface area contributed by atoms with Crippen LogP contribution in [-0.2, 0) is 11.5 Å². The van der Waals surface area contributed by atoms with Crippen LogP contribution in [0.1, 0.15) is 18.4 Å². The van der Waals surface area contributed by atoms with E-state index in [4.69, 9.17) is 23.2 Å². The van der Waals surface area contributed by atoms with Crippen LogP contribution < -0.4 is 4.90 Å². The highest BCUT2D eigenvalue weighted by Gasteiger charge is 2.22. The number of pyridine rings is 1. The smallest absolute Gasteiger partial charge is 0.272 e. The van der Waals surface area contributed by atoms with Gasteiger partial charge < -0.3 is 4.90 Å². The summed E-state index contributed by atoms with van der Waals surface area (Å²) in [5, 5.41) is 14.4. The minimum Gasteiger partial charge on any atom is -0.371 e. The lowest BCUT2D eigenvalue weighted by molar-refractivity contribution is 0.339. The van der Waals surface area contributed by atoms with Gasteiger partial charge in [-0.25, -0.2) is 4.98 Å². The van der Waals surface area contributed by atoms with E-state index >= 15 is 0 Å². The minimum atomic E-state index is -0.172. The predicted octanol–water partition coefficient (Wildman–Crippen LogP) is 6.14. The highest BCUT2D eigenvalue weighted by Crippen LogP contribution is 2.33. The molecule has 133 valence electrons. The fourth-order valence-corrected chi connectivity index (χ4v) is 4.41. The van der Waals surface area contributed by atoms with Crippen LogP contribution in [0.5, 0.6) is 5.88 Å². The number of para-hydroxylation sites is 1. The molecule has 2 heterocycles. The Hall–Kier alpha value is -1.97. The molecule has 0 bridgehead atoms. The average molecular weight is 386 g/mol. The fourth-order valence-electron chi connectivity index (χ4n) is 3.84. The average Bonchev–Trinajstić information content (AvgIpc) is 2.61. The van der Waals surface area contributed by atoms with Gasteiger partial charge in [0.25, 0.3) is 5.88 Å². The van der Waals surface area contributed by atoms with E-state index in [2.05, 4.69) is 9.88 Å². The monoisotopic (exact) mass is 385 g/mol. The first-order chi connectivity index (χ1) is 12.6. The van der Waals surface area contributed by atoms with Crippen molar-refractivity contribution in [1.29, 1.82) is 0 Å². The first-order valence-corrected chi connectivity index (χ1v) is 9.61. The maximum atomic E-state index is 12.0. The maximum Gasteiger partial charge on any atom is 0.272 e. The van der Waals surface area contributed by atoms with Crippen LogP contribution in [0.2, 0.25) is 10.0 Å². The van der Waals surface area contributed by atoms with Gasteiger partial charge in [0.2, 0.25) is 0 Å². The minimum absolute atomic E-state index is 0.172. The molecule has 0 N–H and O–H groups in total. The van der Waals surface area contributed by atoms with Gasteiger partial charge in [-0.3, -0.25) is 5.11 Å². The molecule has 1 aliphatic heterocycles. The van der Waals surface area contributed by atoms with Crippen LogP contribution in [0, 0.1) is 5.92 Å². The van der Waals surface area contributed by atoms with Crippen LogP contribution in [-0.4, -0.2) is 18.1 Å². The molecule has 0 unspecified atom stereocenters. The Balaban J connectivity index is 1.49. The molecule has 1 aromatic heterocycles. The normalized spacial score (nSPS) is 15.5. The fraction of sp³-hybridized carbons (Fsp3) is 0.286. The van der Waals surface area contributed by atoms with Crippen LogP contribution in [0.15, 0.2) is 48.5 Å². The molecule has 3 nitrogen and oxygen atoms in total. The number of fused-ring (bicyclic) bond motifs is 1. The molecule has 2 aromatic carbocycles. The maximum absolute atomic E-state index is 12.0. The first-order valence-electron chi connectivity index (χ1n) is 8.85. The number of hydrogen-bond acceptors (Lipinski definition) is 2. The van der Waals surface area contributed by atoms with Gasteiger partial charge >= 0.3 is 0 Å². The van der Waals surface area contributed by atoms with Crippen molar-refractivity contribution in [3.63, 3.8) is 0 Å². The van der Waals surface area contributed by atoms with E-state index in [9.17, 15) is 5.11 Å². The van der Waals surface area contributed by atoms with E-state index in [0.29, 0.717) is 16.0 Å². The van der Waals surface area contributed by atoms with Crippen molar-refractivity contribution >= 4 is 39.8 Å². The van der Waals surface area contributed by atoms with Crippen LogP contribution in [0.3, 0.4) is 0 Å². The Morgan fingerprint density at radius 1 is 1.00 bits per heavy atom. The van der Waals surface area contributed by atoms with Gasteiger partial charge in [-0.15, -0.1) is 0 Å². The molecule has 0 aliphatic carbocycles. The number of aromatic nitrogens is 1. The standard InChI is InChI=1S/C21H19Cl2N2O/c22-16-10-15(11-17(23)12-16)9-14-5-7-25(8-6-14)20-13-21(26)24-19-4-2-1-3-18(19)20/h1-4,10-14H,5-9H2. The highest BCUT2D eigenvalue weighted by molar-refractivity contribution is 6.34. The first kappa shape index (κ1) is 17.4. The second kappa shape index (κ2) is 7.34. The van der Waals surface area contributed by atoms with Crippen molar-refractivity contribution in [2.45, 2.75) is 19.3 Å². The number of halogens is 2. The lowest BCUT2D eigenvalue weighted by Gasteiger charge is -2.34. The zero-order chi connectivity index (χ0) is 18.1. The summed E-state index contributed by atoms with van der Waals surface area (Å²) in [6.45, 7) is 1.87. The molecule has 0 spiro atoms. The largest absolute Gasteiger partial charge is 0.371 e. The van der Waals surface area contributed by atoms with Gasteiger partial charge in [0.15, 0.2) is 0 Å². The molecule has 0 atom stereocenters. The van der Waals surface area contributed by atoms with Crippen molar-refractivity contribution in [2.75, 3.05) is 18.0 Å². The third-order valence-corrected chi connectivity index (χ3v) is 5.51. The summed E-state index contributed by atoms with van der Waals surface area (Å²) >= 11 is 12.2. The number of piperidine rings is 1. The summed E-state index contributed by atoms with van der Waals surface area (Å²) in [6, 6.07) is 15.3.